The summed E-state index contributed by atoms with van der Waals surface area (Å²) >= 11 is 0. The van der Waals surface area contributed by atoms with Gasteiger partial charge in [-0.15, -0.1) is 0 Å². The number of carbonyl (C=O) groups is 2. The average molecular weight is 417 g/mol. The first-order valence-electron chi connectivity index (χ1n) is 9.36. The van der Waals surface area contributed by atoms with Gasteiger partial charge in [0.1, 0.15) is 6.61 Å². The van der Waals surface area contributed by atoms with Gasteiger partial charge in [-0.05, 0) is 48.7 Å². The fraction of sp³-hybridized carbons (Fsp3) is 0.333. The molecule has 29 heavy (non-hydrogen) atoms. The quantitative estimate of drug-likeness (QED) is 0.671. The Morgan fingerprint density at radius 2 is 1.62 bits per heavy atom. The third-order valence-electron chi connectivity index (χ3n) is 4.77. The summed E-state index contributed by atoms with van der Waals surface area (Å²) in [6, 6.07) is 12.4. The molecule has 0 amide bonds. The molecule has 3 rings (SSSR count). The van der Waals surface area contributed by atoms with Crippen molar-refractivity contribution in [2.75, 3.05) is 20.2 Å². The number of rotatable bonds is 6. The Balaban J connectivity index is 1.67. The van der Waals surface area contributed by atoms with Gasteiger partial charge in [-0.1, -0.05) is 24.6 Å². The third kappa shape index (κ3) is 5.02. The van der Waals surface area contributed by atoms with Crippen LogP contribution in [0.1, 0.15) is 45.5 Å². The van der Waals surface area contributed by atoms with Crippen LogP contribution in [0.3, 0.4) is 0 Å². The minimum Gasteiger partial charge on any atom is -0.465 e. The third-order valence-corrected chi connectivity index (χ3v) is 6.66. The van der Waals surface area contributed by atoms with E-state index in [-0.39, 0.29) is 17.1 Å². The summed E-state index contributed by atoms with van der Waals surface area (Å²) in [6.45, 7) is 1.00. The van der Waals surface area contributed by atoms with Gasteiger partial charge in [0.2, 0.25) is 10.0 Å². The molecule has 8 heteroatoms. The van der Waals surface area contributed by atoms with Gasteiger partial charge in [0.05, 0.1) is 23.1 Å². The summed E-state index contributed by atoms with van der Waals surface area (Å²) < 4.78 is 37.0. The molecule has 0 N–H and O–H groups in total. The summed E-state index contributed by atoms with van der Waals surface area (Å²) in [5, 5.41) is 0. The fourth-order valence-corrected chi connectivity index (χ4v) is 4.69. The highest BCUT2D eigenvalue weighted by molar-refractivity contribution is 7.89. The first-order chi connectivity index (χ1) is 13.9. The van der Waals surface area contributed by atoms with Gasteiger partial charge in [-0.25, -0.2) is 18.0 Å². The monoisotopic (exact) mass is 417 g/mol. The van der Waals surface area contributed by atoms with Crippen LogP contribution in [0.2, 0.25) is 0 Å². The normalized spacial score (nSPS) is 14.9. The molecule has 0 bridgehead atoms. The van der Waals surface area contributed by atoms with Crippen LogP contribution in [0.15, 0.2) is 53.4 Å². The van der Waals surface area contributed by atoms with E-state index in [2.05, 4.69) is 4.74 Å². The SMILES string of the molecule is COC(=O)c1ccc(COC(=O)c2cccc(S(=O)(=O)N3CCCCC3)c2)cc1. The molecule has 0 radical (unpaired) electrons. The molecule has 1 saturated heterocycles. The molecule has 0 aliphatic carbocycles. The molecule has 0 aromatic heterocycles. The van der Waals surface area contributed by atoms with Crippen molar-refractivity contribution in [3.05, 3.63) is 65.2 Å². The van der Waals surface area contributed by atoms with E-state index in [0.29, 0.717) is 24.2 Å². The van der Waals surface area contributed by atoms with Crippen LogP contribution in [-0.2, 0) is 26.1 Å². The lowest BCUT2D eigenvalue weighted by Gasteiger charge is -2.25. The van der Waals surface area contributed by atoms with E-state index >= 15 is 0 Å². The van der Waals surface area contributed by atoms with Crippen LogP contribution in [0, 0.1) is 0 Å². The molecule has 1 heterocycles. The standard InChI is InChI=1S/C21H23NO6S/c1-27-20(23)17-10-8-16(9-11-17)15-28-21(24)18-6-5-7-19(14-18)29(25,26)22-12-3-2-4-13-22/h5-11,14H,2-4,12-13,15H2,1H3. The van der Waals surface area contributed by atoms with E-state index in [1.54, 1.807) is 30.3 Å². The van der Waals surface area contributed by atoms with E-state index < -0.39 is 22.0 Å². The van der Waals surface area contributed by atoms with E-state index in [1.165, 1.54) is 29.6 Å². The van der Waals surface area contributed by atoms with Gasteiger partial charge in [-0.2, -0.15) is 4.31 Å². The Bertz CT molecular complexity index is 978. The highest BCUT2D eigenvalue weighted by Gasteiger charge is 2.26. The molecule has 1 fully saturated rings. The van der Waals surface area contributed by atoms with Gasteiger partial charge in [0.25, 0.3) is 0 Å². The smallest absolute Gasteiger partial charge is 0.338 e. The molecule has 0 spiro atoms. The number of hydrogen-bond donors (Lipinski definition) is 0. The molecule has 7 nitrogen and oxygen atoms in total. The topological polar surface area (TPSA) is 90.0 Å². The number of esters is 2. The number of ether oxygens (including phenoxy) is 2. The maximum Gasteiger partial charge on any atom is 0.338 e. The van der Waals surface area contributed by atoms with Crippen LogP contribution in [0.25, 0.3) is 0 Å². The highest BCUT2D eigenvalue weighted by atomic mass is 32.2. The molecule has 0 saturated carbocycles. The van der Waals surface area contributed by atoms with Gasteiger partial charge in [0.15, 0.2) is 0 Å². The van der Waals surface area contributed by atoms with Crippen LogP contribution in [-0.4, -0.2) is 44.9 Å². The zero-order valence-corrected chi connectivity index (χ0v) is 17.0. The second kappa shape index (κ2) is 9.19. The molecule has 1 aliphatic heterocycles. The van der Waals surface area contributed by atoms with E-state index in [1.807, 2.05) is 0 Å². The Kier molecular flexibility index (Phi) is 6.66. The van der Waals surface area contributed by atoms with Crippen molar-refractivity contribution in [2.45, 2.75) is 30.8 Å². The predicted molar refractivity (Wildman–Crippen MR) is 106 cm³/mol. The van der Waals surface area contributed by atoms with Crippen LogP contribution < -0.4 is 0 Å². The number of hydrogen-bond acceptors (Lipinski definition) is 6. The van der Waals surface area contributed by atoms with Crippen molar-refractivity contribution in [1.29, 1.82) is 0 Å². The van der Waals surface area contributed by atoms with E-state index in [0.717, 1.165) is 19.3 Å². The lowest BCUT2D eigenvalue weighted by Crippen LogP contribution is -2.35. The van der Waals surface area contributed by atoms with Crippen molar-refractivity contribution in [1.82, 2.24) is 4.31 Å². The Morgan fingerprint density at radius 1 is 0.931 bits per heavy atom. The first-order valence-corrected chi connectivity index (χ1v) is 10.8. The molecule has 2 aromatic carbocycles. The minimum atomic E-state index is -3.62. The number of carbonyl (C=O) groups excluding carboxylic acids is 2. The largest absolute Gasteiger partial charge is 0.465 e. The lowest BCUT2D eigenvalue weighted by molar-refractivity contribution is 0.0471. The van der Waals surface area contributed by atoms with Crippen molar-refractivity contribution in [3.8, 4) is 0 Å². The molecule has 154 valence electrons. The maximum absolute atomic E-state index is 12.8. The van der Waals surface area contributed by atoms with Crippen LogP contribution in [0.5, 0.6) is 0 Å². The molecule has 0 unspecified atom stereocenters. The molecule has 1 aliphatic rings. The van der Waals surface area contributed by atoms with Crippen molar-refractivity contribution >= 4 is 22.0 Å². The number of nitrogens with zero attached hydrogens (tertiary/aromatic N) is 1. The zero-order chi connectivity index (χ0) is 20.9. The van der Waals surface area contributed by atoms with Gasteiger partial charge in [0, 0.05) is 13.1 Å². The zero-order valence-electron chi connectivity index (χ0n) is 16.2. The van der Waals surface area contributed by atoms with Gasteiger partial charge in [-0.3, -0.25) is 0 Å². The summed E-state index contributed by atoms with van der Waals surface area (Å²) in [5.41, 5.74) is 1.27. The molecular weight excluding hydrogens is 394 g/mol. The molecule has 2 aromatic rings. The average Bonchev–Trinajstić information content (AvgIpc) is 2.78. The first kappa shape index (κ1) is 21.0. The Labute approximate surface area is 170 Å². The van der Waals surface area contributed by atoms with Crippen LogP contribution in [0.4, 0.5) is 0 Å². The highest BCUT2D eigenvalue weighted by Crippen LogP contribution is 2.21. The summed E-state index contributed by atoms with van der Waals surface area (Å²) in [5.74, 6) is -1.06. The number of benzene rings is 2. The number of sulfonamides is 1. The second-order valence-corrected chi connectivity index (χ2v) is 8.70. The van der Waals surface area contributed by atoms with Crippen molar-refractivity contribution < 1.29 is 27.5 Å². The summed E-state index contributed by atoms with van der Waals surface area (Å²) in [6.07, 6.45) is 2.71. The fourth-order valence-electron chi connectivity index (χ4n) is 3.12. The summed E-state index contributed by atoms with van der Waals surface area (Å²) in [4.78, 5) is 23.9. The predicted octanol–water partition coefficient (Wildman–Crippen LogP) is 3.00. The molecule has 0 atom stereocenters. The van der Waals surface area contributed by atoms with E-state index in [4.69, 9.17) is 4.74 Å². The van der Waals surface area contributed by atoms with Gasteiger partial charge < -0.3 is 9.47 Å². The minimum absolute atomic E-state index is 0.00336. The maximum atomic E-state index is 12.8. The van der Waals surface area contributed by atoms with Crippen LogP contribution >= 0.6 is 0 Å². The van der Waals surface area contributed by atoms with E-state index in [9.17, 15) is 18.0 Å². The van der Waals surface area contributed by atoms with Crippen molar-refractivity contribution in [2.24, 2.45) is 0 Å². The second-order valence-electron chi connectivity index (χ2n) is 6.76. The Hall–Kier alpha value is -2.71. The Morgan fingerprint density at radius 3 is 2.28 bits per heavy atom. The lowest BCUT2D eigenvalue weighted by atomic mass is 10.1. The van der Waals surface area contributed by atoms with Crippen molar-refractivity contribution in [3.63, 3.8) is 0 Å². The number of piperidine rings is 1. The summed E-state index contributed by atoms with van der Waals surface area (Å²) in [7, 11) is -2.32. The number of methoxy groups -OCH3 is 1. The van der Waals surface area contributed by atoms with Gasteiger partial charge >= 0.3 is 11.9 Å². The molecular formula is C21H23NO6S.